The number of nitrogens with zero attached hydrogens (tertiary/aromatic N) is 3. The zero-order valence-electron chi connectivity index (χ0n) is 14.5. The maximum Gasteiger partial charge on any atom is 0.269 e. The Hall–Kier alpha value is -2.25. The van der Waals surface area contributed by atoms with Crippen molar-refractivity contribution in [3.8, 4) is 0 Å². The van der Waals surface area contributed by atoms with Gasteiger partial charge in [-0.3, -0.25) is 4.55 Å². The van der Waals surface area contributed by atoms with Gasteiger partial charge in [0.05, 0.1) is 6.54 Å². The summed E-state index contributed by atoms with van der Waals surface area (Å²) in [5, 5.41) is 0. The Labute approximate surface area is 147 Å². The van der Waals surface area contributed by atoms with Gasteiger partial charge in [0.25, 0.3) is 10.1 Å². The van der Waals surface area contributed by atoms with Gasteiger partial charge in [-0.15, -0.1) is 0 Å². The van der Waals surface area contributed by atoms with E-state index in [0.29, 0.717) is 12.1 Å². The van der Waals surface area contributed by atoms with Crippen molar-refractivity contribution in [1.29, 1.82) is 0 Å². The highest BCUT2D eigenvalue weighted by molar-refractivity contribution is 7.85. The number of pyridine rings is 1. The summed E-state index contributed by atoms with van der Waals surface area (Å²) in [6.45, 7) is 6.59. The van der Waals surface area contributed by atoms with E-state index in [-0.39, 0.29) is 5.75 Å². The largest absolute Gasteiger partial charge is 0.308 e. The highest BCUT2D eigenvalue weighted by Gasteiger charge is 2.14. The van der Waals surface area contributed by atoms with E-state index in [2.05, 4.69) is 16.5 Å². The van der Waals surface area contributed by atoms with Crippen LogP contribution in [0.25, 0.3) is 11.2 Å². The normalized spacial score (nSPS) is 12.0. The molecule has 2 heterocycles. The van der Waals surface area contributed by atoms with Crippen molar-refractivity contribution in [2.75, 3.05) is 0 Å². The zero-order valence-corrected chi connectivity index (χ0v) is 15.3. The smallest absolute Gasteiger partial charge is 0.269 e. The van der Waals surface area contributed by atoms with E-state index in [0.717, 1.165) is 40.2 Å². The van der Waals surface area contributed by atoms with Gasteiger partial charge in [-0.1, -0.05) is 31.2 Å². The quantitative estimate of drug-likeness (QED) is 0.708. The lowest BCUT2D eigenvalue weighted by Crippen LogP contribution is -2.07. The molecule has 7 heteroatoms. The molecule has 132 valence electrons. The summed E-state index contributed by atoms with van der Waals surface area (Å²) in [6, 6.07) is 9.23. The molecule has 0 radical (unpaired) electrons. The van der Waals surface area contributed by atoms with Crippen molar-refractivity contribution < 1.29 is 13.0 Å². The fraction of sp³-hybridized carbons (Fsp3) is 0.333. The van der Waals surface area contributed by atoms with Gasteiger partial charge in [-0.25, -0.2) is 9.97 Å². The minimum absolute atomic E-state index is 0.386. The van der Waals surface area contributed by atoms with Crippen LogP contribution in [0.2, 0.25) is 0 Å². The van der Waals surface area contributed by atoms with E-state index >= 15 is 0 Å². The van der Waals surface area contributed by atoms with Crippen LogP contribution in [0.4, 0.5) is 0 Å². The summed E-state index contributed by atoms with van der Waals surface area (Å²) >= 11 is 0. The molecule has 0 amide bonds. The molecule has 3 aromatic rings. The molecule has 0 saturated heterocycles. The number of hydrogen-bond donors (Lipinski definition) is 1. The van der Waals surface area contributed by atoms with Crippen LogP contribution in [0.15, 0.2) is 30.3 Å². The molecule has 1 N–H and O–H groups in total. The minimum atomic E-state index is -4.05. The standard InChI is InChI=1S/C18H21N3O3S/c1-4-16-20-17-12(2)8-13(3)19-18(17)21(16)10-14-6-5-7-15(9-14)11-25(22,23)24/h5-9H,4,10-11H2,1-3H3,(H,22,23,24). The third-order valence-corrected chi connectivity index (χ3v) is 4.80. The third kappa shape index (κ3) is 3.88. The second-order valence-electron chi connectivity index (χ2n) is 6.27. The van der Waals surface area contributed by atoms with Gasteiger partial charge in [-0.2, -0.15) is 8.42 Å². The molecule has 0 atom stereocenters. The molecule has 0 fully saturated rings. The van der Waals surface area contributed by atoms with Crippen molar-refractivity contribution >= 4 is 21.3 Å². The zero-order chi connectivity index (χ0) is 18.2. The van der Waals surface area contributed by atoms with Crippen LogP contribution in [-0.4, -0.2) is 27.5 Å². The molecule has 0 aliphatic rings. The molecule has 0 spiro atoms. The second kappa shape index (κ2) is 6.57. The molecule has 0 aliphatic heterocycles. The van der Waals surface area contributed by atoms with E-state index < -0.39 is 10.1 Å². The van der Waals surface area contributed by atoms with Crippen LogP contribution < -0.4 is 0 Å². The maximum absolute atomic E-state index is 11.1. The molecule has 3 rings (SSSR count). The van der Waals surface area contributed by atoms with Gasteiger partial charge in [0.1, 0.15) is 17.1 Å². The number of rotatable bonds is 5. The molecule has 0 bridgehead atoms. The predicted octanol–water partition coefficient (Wildman–Crippen LogP) is 3.05. The first-order valence-electron chi connectivity index (χ1n) is 8.13. The van der Waals surface area contributed by atoms with Crippen LogP contribution in [0.3, 0.4) is 0 Å². The molecule has 6 nitrogen and oxygen atoms in total. The summed E-state index contributed by atoms with van der Waals surface area (Å²) < 4.78 is 33.3. The number of aryl methyl sites for hydroxylation is 3. The Bertz CT molecular complexity index is 1040. The lowest BCUT2D eigenvalue weighted by Gasteiger charge is -2.10. The lowest BCUT2D eigenvalue weighted by atomic mass is 10.1. The molecule has 0 aliphatic carbocycles. The Balaban J connectivity index is 2.05. The fourth-order valence-corrected chi connectivity index (χ4v) is 3.70. The number of imidazole rings is 1. The topological polar surface area (TPSA) is 85.1 Å². The average molecular weight is 359 g/mol. The SMILES string of the molecule is CCc1nc2c(C)cc(C)nc2n1Cc1cccc(CS(=O)(=O)O)c1. The predicted molar refractivity (Wildman–Crippen MR) is 97.2 cm³/mol. The molecular formula is C18H21N3O3S. The second-order valence-corrected chi connectivity index (χ2v) is 7.72. The number of hydrogen-bond acceptors (Lipinski definition) is 4. The van der Waals surface area contributed by atoms with E-state index in [9.17, 15) is 8.42 Å². The van der Waals surface area contributed by atoms with Gasteiger partial charge in [-0.05, 0) is 36.6 Å². The number of aromatic nitrogens is 3. The van der Waals surface area contributed by atoms with Crippen LogP contribution in [0, 0.1) is 13.8 Å². The molecule has 1 aromatic carbocycles. The molecular weight excluding hydrogens is 338 g/mol. The van der Waals surface area contributed by atoms with Crippen LogP contribution in [-0.2, 0) is 28.8 Å². The highest BCUT2D eigenvalue weighted by Crippen LogP contribution is 2.21. The maximum atomic E-state index is 11.1. The van der Waals surface area contributed by atoms with E-state index in [1.165, 1.54) is 0 Å². The molecule has 0 unspecified atom stereocenters. The lowest BCUT2D eigenvalue weighted by molar-refractivity contribution is 0.482. The first kappa shape index (κ1) is 17.6. The summed E-state index contributed by atoms with van der Waals surface area (Å²) in [4.78, 5) is 9.36. The Morgan fingerprint density at radius 1 is 1.12 bits per heavy atom. The van der Waals surface area contributed by atoms with E-state index in [1.54, 1.807) is 18.2 Å². The van der Waals surface area contributed by atoms with E-state index in [4.69, 9.17) is 9.54 Å². The van der Waals surface area contributed by atoms with Crippen molar-refractivity contribution in [3.63, 3.8) is 0 Å². The molecule has 25 heavy (non-hydrogen) atoms. The fourth-order valence-electron chi connectivity index (χ4n) is 3.10. The summed E-state index contributed by atoms with van der Waals surface area (Å²) in [5.74, 6) is 0.555. The van der Waals surface area contributed by atoms with Crippen LogP contribution in [0.5, 0.6) is 0 Å². The first-order valence-corrected chi connectivity index (χ1v) is 9.74. The average Bonchev–Trinajstić information content (AvgIpc) is 2.84. The monoisotopic (exact) mass is 359 g/mol. The van der Waals surface area contributed by atoms with Crippen LogP contribution in [0.1, 0.15) is 35.1 Å². The Morgan fingerprint density at radius 2 is 1.84 bits per heavy atom. The van der Waals surface area contributed by atoms with Crippen molar-refractivity contribution in [3.05, 3.63) is 58.5 Å². The van der Waals surface area contributed by atoms with Crippen LogP contribution >= 0.6 is 0 Å². The van der Waals surface area contributed by atoms with Gasteiger partial charge >= 0.3 is 0 Å². The first-order chi connectivity index (χ1) is 11.8. The Morgan fingerprint density at radius 3 is 2.52 bits per heavy atom. The number of benzene rings is 1. The number of fused-ring (bicyclic) bond motifs is 1. The molecule has 0 saturated carbocycles. The summed E-state index contributed by atoms with van der Waals surface area (Å²) in [7, 11) is -4.05. The third-order valence-electron chi connectivity index (χ3n) is 4.10. The summed E-state index contributed by atoms with van der Waals surface area (Å²) in [5.41, 5.74) is 5.27. The van der Waals surface area contributed by atoms with Crippen molar-refractivity contribution in [1.82, 2.24) is 14.5 Å². The van der Waals surface area contributed by atoms with Gasteiger partial charge in [0.15, 0.2) is 5.65 Å². The van der Waals surface area contributed by atoms with E-state index in [1.807, 2.05) is 26.0 Å². The van der Waals surface area contributed by atoms with Crippen molar-refractivity contribution in [2.45, 2.75) is 39.5 Å². The highest BCUT2D eigenvalue weighted by atomic mass is 32.2. The van der Waals surface area contributed by atoms with Gasteiger partial charge < -0.3 is 4.57 Å². The minimum Gasteiger partial charge on any atom is -0.308 e. The van der Waals surface area contributed by atoms with Crippen molar-refractivity contribution in [2.24, 2.45) is 0 Å². The Kier molecular flexibility index (Phi) is 4.62. The molecule has 2 aromatic heterocycles. The summed E-state index contributed by atoms with van der Waals surface area (Å²) in [6.07, 6.45) is 0.777. The van der Waals surface area contributed by atoms with Gasteiger partial charge in [0, 0.05) is 12.1 Å². The van der Waals surface area contributed by atoms with Gasteiger partial charge in [0.2, 0.25) is 0 Å².